The molecule has 0 aliphatic carbocycles. The number of carbonyl (C=O) groups excluding carboxylic acids is 1. The van der Waals surface area contributed by atoms with Crippen LogP contribution in [0.3, 0.4) is 0 Å². The van der Waals surface area contributed by atoms with Crippen LogP contribution in [0.4, 0.5) is 5.69 Å². The van der Waals surface area contributed by atoms with E-state index < -0.39 is 0 Å². The normalized spacial score (nSPS) is 15.8. The quantitative estimate of drug-likeness (QED) is 0.691. The molecule has 0 saturated carbocycles. The number of amides is 1. The summed E-state index contributed by atoms with van der Waals surface area (Å²) in [4.78, 5) is 14.2. The summed E-state index contributed by atoms with van der Waals surface area (Å²) in [5, 5.41) is 3.22. The Balaban J connectivity index is 1.96. The molecule has 1 aliphatic rings. The Labute approximate surface area is 144 Å². The van der Waals surface area contributed by atoms with Crippen LogP contribution in [0, 0.1) is 0 Å². The molecule has 1 aromatic rings. The summed E-state index contributed by atoms with van der Waals surface area (Å²) in [7, 11) is 0. The Bertz CT molecular complexity index is 462. The first-order valence-electron chi connectivity index (χ1n) is 6.74. The molecular formula is C14H17Br3N2O. The van der Waals surface area contributed by atoms with E-state index in [4.69, 9.17) is 0 Å². The zero-order valence-electron chi connectivity index (χ0n) is 11.1. The predicted molar refractivity (Wildman–Crippen MR) is 93.1 cm³/mol. The first-order chi connectivity index (χ1) is 9.58. The van der Waals surface area contributed by atoms with E-state index in [0.717, 1.165) is 45.0 Å². The van der Waals surface area contributed by atoms with Gasteiger partial charge in [0.25, 0.3) is 0 Å². The second-order valence-corrected chi connectivity index (χ2v) is 7.52. The highest BCUT2D eigenvalue weighted by atomic mass is 79.9. The fraction of sp³-hybridized carbons (Fsp3) is 0.500. The number of anilines is 1. The van der Waals surface area contributed by atoms with E-state index in [-0.39, 0.29) is 5.91 Å². The number of rotatable bonds is 3. The molecule has 1 aliphatic heterocycles. The van der Waals surface area contributed by atoms with E-state index >= 15 is 0 Å². The lowest BCUT2D eigenvalue weighted by Crippen LogP contribution is -2.36. The van der Waals surface area contributed by atoms with Crippen LogP contribution in [0.25, 0.3) is 0 Å². The van der Waals surface area contributed by atoms with Crippen molar-refractivity contribution in [2.45, 2.75) is 25.7 Å². The number of halogens is 3. The lowest BCUT2D eigenvalue weighted by Gasteiger charge is -2.21. The van der Waals surface area contributed by atoms with Crippen molar-refractivity contribution in [3.63, 3.8) is 0 Å². The summed E-state index contributed by atoms with van der Waals surface area (Å²) in [6, 6.07) is 3.92. The SMILES string of the molecule is O=C(CNc1c(Br)cc(Br)cc1Br)N1CCCCCC1. The number of hydrogen-bond donors (Lipinski definition) is 1. The predicted octanol–water partition coefficient (Wildman–Crippen LogP) is 4.79. The molecule has 1 fully saturated rings. The summed E-state index contributed by atoms with van der Waals surface area (Å²) < 4.78 is 2.85. The largest absolute Gasteiger partial charge is 0.374 e. The van der Waals surface area contributed by atoms with Crippen LogP contribution in [0.2, 0.25) is 0 Å². The zero-order chi connectivity index (χ0) is 14.5. The highest BCUT2D eigenvalue weighted by molar-refractivity contribution is 9.11. The summed E-state index contributed by atoms with van der Waals surface area (Å²) in [6.45, 7) is 2.12. The van der Waals surface area contributed by atoms with Gasteiger partial charge in [0.1, 0.15) is 0 Å². The molecule has 0 unspecified atom stereocenters. The van der Waals surface area contributed by atoms with Gasteiger partial charge in [0, 0.05) is 26.5 Å². The molecule has 0 radical (unpaired) electrons. The molecule has 110 valence electrons. The average molecular weight is 469 g/mol. The maximum Gasteiger partial charge on any atom is 0.241 e. The molecule has 20 heavy (non-hydrogen) atoms. The van der Waals surface area contributed by atoms with E-state index in [1.807, 2.05) is 17.0 Å². The number of carbonyl (C=O) groups is 1. The van der Waals surface area contributed by atoms with Crippen molar-refractivity contribution < 1.29 is 4.79 Å². The minimum absolute atomic E-state index is 0.175. The van der Waals surface area contributed by atoms with Crippen LogP contribution >= 0.6 is 47.8 Å². The highest BCUT2D eigenvalue weighted by Gasteiger charge is 2.16. The first kappa shape index (κ1) is 16.3. The van der Waals surface area contributed by atoms with Crippen molar-refractivity contribution in [2.75, 3.05) is 25.0 Å². The standard InChI is InChI=1S/C14H17Br3N2O/c15-10-7-11(16)14(12(17)8-10)18-9-13(20)19-5-3-1-2-4-6-19/h7-8,18H,1-6,9H2. The van der Waals surface area contributed by atoms with Gasteiger partial charge in [-0.3, -0.25) is 4.79 Å². The van der Waals surface area contributed by atoms with Gasteiger partial charge in [-0.25, -0.2) is 0 Å². The molecular weight excluding hydrogens is 452 g/mol. The Morgan fingerprint density at radius 3 is 2.15 bits per heavy atom. The smallest absolute Gasteiger partial charge is 0.241 e. The number of nitrogens with zero attached hydrogens (tertiary/aromatic N) is 1. The van der Waals surface area contributed by atoms with E-state index in [2.05, 4.69) is 53.1 Å². The maximum atomic E-state index is 12.2. The second-order valence-electron chi connectivity index (χ2n) is 4.89. The highest BCUT2D eigenvalue weighted by Crippen LogP contribution is 2.34. The Morgan fingerprint density at radius 2 is 1.60 bits per heavy atom. The molecule has 0 spiro atoms. The second kappa shape index (κ2) is 7.80. The number of hydrogen-bond acceptors (Lipinski definition) is 2. The monoisotopic (exact) mass is 466 g/mol. The number of likely N-dealkylation sites (tertiary alicyclic amines) is 1. The average Bonchev–Trinajstić information content (AvgIpc) is 2.66. The van der Waals surface area contributed by atoms with E-state index in [1.54, 1.807) is 0 Å². The molecule has 3 nitrogen and oxygen atoms in total. The number of benzene rings is 1. The van der Waals surface area contributed by atoms with Gasteiger partial charge in [-0.1, -0.05) is 28.8 Å². The van der Waals surface area contributed by atoms with Crippen molar-refractivity contribution in [3.8, 4) is 0 Å². The van der Waals surface area contributed by atoms with Crippen molar-refractivity contribution in [1.29, 1.82) is 0 Å². The lowest BCUT2D eigenvalue weighted by molar-refractivity contribution is -0.129. The van der Waals surface area contributed by atoms with Gasteiger partial charge >= 0.3 is 0 Å². The van der Waals surface area contributed by atoms with E-state index in [9.17, 15) is 4.79 Å². The van der Waals surface area contributed by atoms with Crippen LogP contribution in [-0.2, 0) is 4.79 Å². The van der Waals surface area contributed by atoms with Crippen LogP contribution in [-0.4, -0.2) is 30.4 Å². The topological polar surface area (TPSA) is 32.3 Å². The van der Waals surface area contributed by atoms with Gasteiger partial charge in [-0.05, 0) is 56.8 Å². The Hall–Kier alpha value is -0.0700. The molecule has 6 heteroatoms. The fourth-order valence-corrected chi connectivity index (χ4v) is 4.85. The Morgan fingerprint density at radius 1 is 1.05 bits per heavy atom. The molecule has 0 aromatic heterocycles. The van der Waals surface area contributed by atoms with Crippen LogP contribution in [0.5, 0.6) is 0 Å². The van der Waals surface area contributed by atoms with Crippen molar-refractivity contribution in [1.82, 2.24) is 4.90 Å². The molecule has 1 heterocycles. The molecule has 1 amide bonds. The first-order valence-corrected chi connectivity index (χ1v) is 9.12. The van der Waals surface area contributed by atoms with Crippen LogP contribution in [0.1, 0.15) is 25.7 Å². The fourth-order valence-electron chi connectivity index (χ4n) is 2.31. The summed E-state index contributed by atoms with van der Waals surface area (Å²) >= 11 is 10.5. The van der Waals surface area contributed by atoms with Gasteiger partial charge in [-0.15, -0.1) is 0 Å². The maximum absolute atomic E-state index is 12.2. The third-order valence-corrected chi connectivity index (χ3v) is 5.09. The Kier molecular flexibility index (Phi) is 6.36. The third kappa shape index (κ3) is 4.46. The molecule has 0 atom stereocenters. The van der Waals surface area contributed by atoms with Gasteiger partial charge < -0.3 is 10.2 Å². The van der Waals surface area contributed by atoms with Gasteiger partial charge in [-0.2, -0.15) is 0 Å². The van der Waals surface area contributed by atoms with Crippen molar-refractivity contribution in [3.05, 3.63) is 25.6 Å². The van der Waals surface area contributed by atoms with Crippen molar-refractivity contribution >= 4 is 59.4 Å². The van der Waals surface area contributed by atoms with Gasteiger partial charge in [0.05, 0.1) is 12.2 Å². The molecule has 1 saturated heterocycles. The molecule has 1 N–H and O–H groups in total. The summed E-state index contributed by atoms with van der Waals surface area (Å²) in [5.74, 6) is 0.175. The summed E-state index contributed by atoms with van der Waals surface area (Å²) in [5.41, 5.74) is 0.913. The van der Waals surface area contributed by atoms with Crippen LogP contribution in [0.15, 0.2) is 25.6 Å². The lowest BCUT2D eigenvalue weighted by atomic mass is 10.2. The summed E-state index contributed by atoms with van der Waals surface area (Å²) in [6.07, 6.45) is 4.72. The molecule has 2 rings (SSSR count). The van der Waals surface area contributed by atoms with Gasteiger partial charge in [0.15, 0.2) is 0 Å². The van der Waals surface area contributed by atoms with Crippen molar-refractivity contribution in [2.24, 2.45) is 0 Å². The number of nitrogens with one attached hydrogen (secondary N) is 1. The van der Waals surface area contributed by atoms with Gasteiger partial charge in [0.2, 0.25) is 5.91 Å². The van der Waals surface area contributed by atoms with E-state index in [1.165, 1.54) is 12.8 Å². The zero-order valence-corrected chi connectivity index (χ0v) is 15.9. The van der Waals surface area contributed by atoms with E-state index in [0.29, 0.717) is 6.54 Å². The third-order valence-electron chi connectivity index (χ3n) is 3.38. The minimum atomic E-state index is 0.175. The van der Waals surface area contributed by atoms with Crippen LogP contribution < -0.4 is 5.32 Å². The molecule has 0 bridgehead atoms. The molecule has 1 aromatic carbocycles. The minimum Gasteiger partial charge on any atom is -0.374 e.